The van der Waals surface area contributed by atoms with Crippen LogP contribution in [0, 0.1) is 0 Å². The molecule has 64 heavy (non-hydrogen) atoms. The maximum absolute atomic E-state index is 13.0. The van der Waals surface area contributed by atoms with Crippen LogP contribution in [0.1, 0.15) is 251 Å². The minimum atomic E-state index is -5.08. The Morgan fingerprint density at radius 1 is 0.516 bits per heavy atom. The van der Waals surface area contributed by atoms with Crippen molar-refractivity contribution in [3.63, 3.8) is 0 Å². The number of hydrogen-bond acceptors (Lipinski definition) is 10. The second-order valence-electron chi connectivity index (χ2n) is 19.1. The third-order valence-electron chi connectivity index (χ3n) is 13.1. The lowest BCUT2D eigenvalue weighted by atomic mass is 9.85. The number of phosphoric ester groups is 1. The molecule has 0 aliphatic heterocycles. The van der Waals surface area contributed by atoms with E-state index in [2.05, 4.69) is 19.2 Å². The van der Waals surface area contributed by atoms with Crippen molar-refractivity contribution in [2.45, 2.75) is 300 Å². The van der Waals surface area contributed by atoms with Gasteiger partial charge in [-0.1, -0.05) is 238 Å². The van der Waals surface area contributed by atoms with Crippen LogP contribution < -0.4 is 5.32 Å². The summed E-state index contributed by atoms with van der Waals surface area (Å²) in [6.45, 7) is 3.86. The second-order valence-corrected chi connectivity index (χ2v) is 20.5. The summed E-state index contributed by atoms with van der Waals surface area (Å²) in [7, 11) is -5.08. The highest BCUT2D eigenvalue weighted by Gasteiger charge is 2.51. The summed E-state index contributed by atoms with van der Waals surface area (Å²) >= 11 is 0. The molecule has 12 nitrogen and oxygen atoms in total. The topological polar surface area (TPSA) is 206 Å². The SMILES string of the molecule is CCCCCCCCCCCC/C=C/[C@@H](O)[C@H](COP(=O)(O)OC1C(O)C(O)C(O)[C@@H](O)C1O)NC(=O)CCCCCCCCCCCCCCCCCCCCCCCCCCC. The zero-order valence-corrected chi connectivity index (χ0v) is 41.7. The lowest BCUT2D eigenvalue weighted by molar-refractivity contribution is -0.220. The number of carbonyl (C=O) groups excluding carboxylic acids is 1. The average Bonchev–Trinajstić information content (AvgIpc) is 3.28. The Bertz CT molecular complexity index is 1130. The Morgan fingerprint density at radius 3 is 1.19 bits per heavy atom. The quantitative estimate of drug-likeness (QED) is 0.0164. The average molecular weight is 934 g/mol. The molecule has 1 fully saturated rings. The first-order valence-corrected chi connectivity index (χ1v) is 28.1. The highest BCUT2D eigenvalue weighted by Crippen LogP contribution is 2.47. The molecule has 13 heteroatoms. The summed E-state index contributed by atoms with van der Waals surface area (Å²) in [6.07, 6.45) is 35.8. The minimum Gasteiger partial charge on any atom is -0.387 e. The van der Waals surface area contributed by atoms with Crippen LogP contribution in [0.15, 0.2) is 12.2 Å². The van der Waals surface area contributed by atoms with E-state index in [1.807, 2.05) is 6.08 Å². The van der Waals surface area contributed by atoms with Gasteiger partial charge in [-0.2, -0.15) is 0 Å². The largest absolute Gasteiger partial charge is 0.472 e. The molecule has 0 aromatic carbocycles. The summed E-state index contributed by atoms with van der Waals surface area (Å²) in [4.78, 5) is 23.4. The summed E-state index contributed by atoms with van der Waals surface area (Å²) in [5.74, 6) is -0.336. The Balaban J connectivity index is 2.31. The molecule has 6 unspecified atom stereocenters. The van der Waals surface area contributed by atoms with Gasteiger partial charge in [-0.15, -0.1) is 0 Å². The van der Waals surface area contributed by atoms with E-state index in [1.54, 1.807) is 0 Å². The molecular weight excluding hydrogens is 834 g/mol. The van der Waals surface area contributed by atoms with Crippen molar-refractivity contribution in [1.82, 2.24) is 5.32 Å². The fraction of sp³-hybridized carbons (Fsp3) is 0.941. The van der Waals surface area contributed by atoms with Crippen molar-refractivity contribution < 1.29 is 53.9 Å². The van der Waals surface area contributed by atoms with Crippen molar-refractivity contribution in [3.8, 4) is 0 Å². The molecule has 380 valence electrons. The monoisotopic (exact) mass is 934 g/mol. The first-order valence-electron chi connectivity index (χ1n) is 26.6. The van der Waals surface area contributed by atoms with Crippen LogP contribution in [0.5, 0.6) is 0 Å². The van der Waals surface area contributed by atoms with Gasteiger partial charge in [-0.05, 0) is 19.3 Å². The molecule has 1 amide bonds. The van der Waals surface area contributed by atoms with E-state index in [9.17, 15) is 44.9 Å². The molecule has 9 atom stereocenters. The number of amides is 1. The molecule has 0 spiro atoms. The van der Waals surface area contributed by atoms with Crippen molar-refractivity contribution in [2.24, 2.45) is 0 Å². The van der Waals surface area contributed by atoms with Crippen LogP contribution in [0.3, 0.4) is 0 Å². The van der Waals surface area contributed by atoms with Gasteiger partial charge in [0.1, 0.15) is 36.6 Å². The summed E-state index contributed by atoms with van der Waals surface area (Å²) < 4.78 is 22.9. The highest BCUT2D eigenvalue weighted by molar-refractivity contribution is 7.47. The fourth-order valence-corrected chi connectivity index (χ4v) is 9.70. The van der Waals surface area contributed by atoms with Crippen LogP contribution >= 0.6 is 7.82 Å². The van der Waals surface area contributed by atoms with Crippen LogP contribution in [0.25, 0.3) is 0 Å². The number of nitrogens with one attached hydrogen (secondary N) is 1. The predicted octanol–water partition coefficient (Wildman–Crippen LogP) is 11.2. The normalized spacial score (nSPS) is 22.2. The first-order chi connectivity index (χ1) is 30.9. The third kappa shape index (κ3) is 31.9. The molecule has 1 aliphatic rings. The van der Waals surface area contributed by atoms with Crippen LogP contribution in [0.2, 0.25) is 0 Å². The van der Waals surface area contributed by atoms with E-state index in [0.717, 1.165) is 44.9 Å². The second kappa shape index (κ2) is 41.1. The number of aliphatic hydroxyl groups is 6. The predicted molar refractivity (Wildman–Crippen MR) is 260 cm³/mol. The molecular formula is C51H100NO11P. The van der Waals surface area contributed by atoms with Gasteiger partial charge in [-0.25, -0.2) is 4.57 Å². The van der Waals surface area contributed by atoms with Gasteiger partial charge in [0.2, 0.25) is 5.91 Å². The Kier molecular flexibility index (Phi) is 39.2. The van der Waals surface area contributed by atoms with Crippen LogP contribution in [-0.4, -0.2) is 96.8 Å². The van der Waals surface area contributed by atoms with Gasteiger partial charge in [0.25, 0.3) is 0 Å². The number of carbonyl (C=O) groups is 1. The van der Waals surface area contributed by atoms with Gasteiger partial charge in [0, 0.05) is 6.42 Å². The number of rotatable bonds is 45. The Labute approximate surface area is 390 Å². The Hall–Kier alpha value is -0.920. The standard InChI is InChI=1S/C51H100NO11P/c1-3-5-7-9-11-13-15-17-18-19-20-21-22-23-24-25-26-27-28-29-31-33-35-37-39-41-45(54)52-43(44(53)40-38-36-34-32-30-16-14-12-10-8-6-4-2)42-62-64(60,61)63-51-49(58)47(56)46(55)48(57)50(51)59/h38,40,43-44,46-51,53,55-59H,3-37,39,41-42H2,1-2H3,(H,52,54)(H,60,61)/b40-38+/t43-,44+,46?,47+,48?,49?,50?,51?/m0/s1. The van der Waals surface area contributed by atoms with Gasteiger partial charge in [-0.3, -0.25) is 13.8 Å². The molecule has 8 N–H and O–H groups in total. The fourth-order valence-electron chi connectivity index (χ4n) is 8.73. The molecule has 0 heterocycles. The lowest BCUT2D eigenvalue weighted by Crippen LogP contribution is -2.64. The molecule has 0 saturated heterocycles. The van der Waals surface area contributed by atoms with E-state index >= 15 is 0 Å². The maximum Gasteiger partial charge on any atom is 0.472 e. The van der Waals surface area contributed by atoms with E-state index in [4.69, 9.17) is 9.05 Å². The molecule has 1 saturated carbocycles. The molecule has 0 aromatic rings. The maximum atomic E-state index is 13.0. The minimum absolute atomic E-state index is 0.219. The molecule has 0 aromatic heterocycles. The van der Waals surface area contributed by atoms with E-state index in [0.29, 0.717) is 6.42 Å². The van der Waals surface area contributed by atoms with Crippen molar-refractivity contribution >= 4 is 13.7 Å². The Morgan fingerprint density at radius 2 is 0.828 bits per heavy atom. The summed E-state index contributed by atoms with van der Waals surface area (Å²) in [5.41, 5.74) is 0. The number of phosphoric acid groups is 1. The number of aliphatic hydroxyl groups excluding tert-OH is 6. The van der Waals surface area contributed by atoms with Gasteiger partial charge >= 0.3 is 7.82 Å². The van der Waals surface area contributed by atoms with Crippen LogP contribution in [-0.2, 0) is 18.4 Å². The summed E-state index contributed by atoms with van der Waals surface area (Å²) in [6, 6.07) is -1.11. The van der Waals surface area contributed by atoms with E-state index < -0.39 is 63.2 Å². The third-order valence-corrected chi connectivity index (χ3v) is 14.1. The van der Waals surface area contributed by atoms with E-state index in [-0.39, 0.29) is 12.3 Å². The van der Waals surface area contributed by atoms with E-state index in [1.165, 1.54) is 186 Å². The highest BCUT2D eigenvalue weighted by atomic mass is 31.2. The zero-order valence-electron chi connectivity index (χ0n) is 40.9. The molecule has 1 aliphatic carbocycles. The number of unbranched alkanes of at least 4 members (excludes halogenated alkanes) is 34. The van der Waals surface area contributed by atoms with Gasteiger partial charge in [0.15, 0.2) is 0 Å². The van der Waals surface area contributed by atoms with Crippen molar-refractivity contribution in [2.75, 3.05) is 6.61 Å². The number of allylic oxidation sites excluding steroid dienone is 1. The molecule has 0 bridgehead atoms. The van der Waals surface area contributed by atoms with Gasteiger partial charge in [0.05, 0.1) is 18.8 Å². The molecule has 0 radical (unpaired) electrons. The first kappa shape index (κ1) is 61.1. The smallest absolute Gasteiger partial charge is 0.387 e. The zero-order chi connectivity index (χ0) is 47.1. The molecule has 1 rings (SSSR count). The summed E-state index contributed by atoms with van der Waals surface area (Å²) in [5, 5.41) is 64.1. The van der Waals surface area contributed by atoms with Crippen LogP contribution in [0.4, 0.5) is 0 Å². The lowest BCUT2D eigenvalue weighted by Gasteiger charge is -2.41. The van der Waals surface area contributed by atoms with Crippen molar-refractivity contribution in [3.05, 3.63) is 12.2 Å². The number of hydrogen-bond donors (Lipinski definition) is 8. The van der Waals surface area contributed by atoms with Crippen molar-refractivity contribution in [1.29, 1.82) is 0 Å². The van der Waals surface area contributed by atoms with Gasteiger partial charge < -0.3 is 40.8 Å².